The van der Waals surface area contributed by atoms with Crippen molar-refractivity contribution in [2.45, 2.75) is 20.4 Å². The molecule has 0 radical (unpaired) electrons. The molecule has 88 valence electrons. The van der Waals surface area contributed by atoms with Crippen LogP contribution in [0.1, 0.15) is 17.0 Å². The Balaban J connectivity index is 2.07. The summed E-state index contributed by atoms with van der Waals surface area (Å²) in [6.07, 6.45) is 5.22. The van der Waals surface area contributed by atoms with Crippen LogP contribution in [0.2, 0.25) is 0 Å². The molecule has 2 aromatic heterocycles. The Hall–Kier alpha value is -2.17. The van der Waals surface area contributed by atoms with Crippen molar-refractivity contribution in [1.82, 2.24) is 15.0 Å². The van der Waals surface area contributed by atoms with Crippen LogP contribution in [0.25, 0.3) is 0 Å². The fourth-order valence-electron chi connectivity index (χ4n) is 1.40. The first kappa shape index (κ1) is 11.3. The summed E-state index contributed by atoms with van der Waals surface area (Å²) < 4.78 is 0. The number of anilines is 2. The van der Waals surface area contributed by atoms with Gasteiger partial charge in [0.2, 0.25) is 0 Å². The summed E-state index contributed by atoms with van der Waals surface area (Å²) in [7, 11) is 0. The van der Waals surface area contributed by atoms with Crippen molar-refractivity contribution in [2.24, 2.45) is 0 Å². The minimum Gasteiger partial charge on any atom is -0.396 e. The van der Waals surface area contributed by atoms with Gasteiger partial charge in [0.05, 0.1) is 29.8 Å². The Morgan fingerprint density at radius 2 is 2.00 bits per heavy atom. The molecule has 0 amide bonds. The molecule has 2 aromatic rings. The number of pyridine rings is 1. The van der Waals surface area contributed by atoms with Crippen molar-refractivity contribution in [1.29, 1.82) is 0 Å². The lowest BCUT2D eigenvalue weighted by molar-refractivity contribution is 0.977. The van der Waals surface area contributed by atoms with E-state index in [1.807, 2.05) is 19.9 Å². The van der Waals surface area contributed by atoms with Gasteiger partial charge in [0.15, 0.2) is 0 Å². The second-order valence-corrected chi connectivity index (χ2v) is 3.89. The van der Waals surface area contributed by atoms with Gasteiger partial charge in [-0.2, -0.15) is 0 Å². The van der Waals surface area contributed by atoms with E-state index in [1.165, 1.54) is 0 Å². The molecule has 0 saturated carbocycles. The number of hydrogen-bond acceptors (Lipinski definition) is 5. The second-order valence-electron chi connectivity index (χ2n) is 3.89. The van der Waals surface area contributed by atoms with E-state index < -0.39 is 0 Å². The van der Waals surface area contributed by atoms with Gasteiger partial charge < -0.3 is 11.1 Å². The molecule has 0 aliphatic carbocycles. The maximum Gasteiger partial charge on any atom is 0.149 e. The molecule has 5 heteroatoms. The fraction of sp³-hybridized carbons (Fsp3) is 0.250. The molecule has 0 fully saturated rings. The lowest BCUT2D eigenvalue weighted by Gasteiger charge is -2.09. The van der Waals surface area contributed by atoms with Gasteiger partial charge in [0, 0.05) is 12.4 Å². The van der Waals surface area contributed by atoms with Crippen LogP contribution < -0.4 is 11.1 Å². The Morgan fingerprint density at radius 3 is 2.71 bits per heavy atom. The Labute approximate surface area is 100 Å². The lowest BCUT2D eigenvalue weighted by Crippen LogP contribution is -2.07. The number of hydrogen-bond donors (Lipinski definition) is 2. The molecule has 0 atom stereocenters. The average Bonchev–Trinajstić information content (AvgIpc) is 2.33. The van der Waals surface area contributed by atoms with Crippen molar-refractivity contribution in [2.75, 3.05) is 11.1 Å². The number of nitrogen functional groups attached to an aromatic ring is 1. The summed E-state index contributed by atoms with van der Waals surface area (Å²) >= 11 is 0. The molecule has 3 N–H and O–H groups in total. The molecule has 0 spiro atoms. The maximum atomic E-state index is 5.91. The van der Waals surface area contributed by atoms with E-state index in [1.54, 1.807) is 18.6 Å². The van der Waals surface area contributed by atoms with Crippen LogP contribution >= 0.6 is 0 Å². The molecule has 0 aliphatic rings. The smallest absolute Gasteiger partial charge is 0.149 e. The quantitative estimate of drug-likeness (QED) is 0.837. The summed E-state index contributed by atoms with van der Waals surface area (Å²) in [6.45, 7) is 4.42. The van der Waals surface area contributed by atoms with E-state index >= 15 is 0 Å². The summed E-state index contributed by atoms with van der Waals surface area (Å²) in [6, 6.07) is 1.88. The number of aromatic nitrogens is 3. The molecule has 0 aliphatic heterocycles. The molecule has 0 bridgehead atoms. The fourth-order valence-corrected chi connectivity index (χ4v) is 1.40. The van der Waals surface area contributed by atoms with Crippen LogP contribution in [0.3, 0.4) is 0 Å². The number of nitrogens with two attached hydrogens (primary N) is 1. The molecular weight excluding hydrogens is 214 g/mol. The molecule has 2 heterocycles. The van der Waals surface area contributed by atoms with Crippen molar-refractivity contribution < 1.29 is 0 Å². The standard InChI is InChI=1S/C12H15N5/c1-8-3-4-14-12(11(8)13)17-7-10-6-15-9(2)5-16-10/h3-6H,7,13H2,1-2H3,(H,14,17). The zero-order chi connectivity index (χ0) is 12.3. The van der Waals surface area contributed by atoms with Gasteiger partial charge in [0.1, 0.15) is 5.82 Å². The molecule has 0 aromatic carbocycles. The average molecular weight is 229 g/mol. The third kappa shape index (κ3) is 2.69. The largest absolute Gasteiger partial charge is 0.396 e. The van der Waals surface area contributed by atoms with E-state index in [2.05, 4.69) is 20.3 Å². The molecule has 5 nitrogen and oxygen atoms in total. The van der Waals surface area contributed by atoms with E-state index in [0.717, 1.165) is 17.0 Å². The van der Waals surface area contributed by atoms with Gasteiger partial charge in [-0.3, -0.25) is 9.97 Å². The number of nitrogens with one attached hydrogen (secondary N) is 1. The predicted molar refractivity (Wildman–Crippen MR) is 67.5 cm³/mol. The van der Waals surface area contributed by atoms with Gasteiger partial charge in [0.25, 0.3) is 0 Å². The number of rotatable bonds is 3. The van der Waals surface area contributed by atoms with E-state index in [9.17, 15) is 0 Å². The van der Waals surface area contributed by atoms with Crippen LogP contribution in [0.5, 0.6) is 0 Å². The zero-order valence-electron chi connectivity index (χ0n) is 9.94. The first-order valence-corrected chi connectivity index (χ1v) is 5.39. The lowest BCUT2D eigenvalue weighted by atomic mass is 10.2. The molecule has 17 heavy (non-hydrogen) atoms. The molecule has 0 saturated heterocycles. The minimum atomic E-state index is 0.563. The first-order chi connectivity index (χ1) is 8.16. The summed E-state index contributed by atoms with van der Waals surface area (Å²) in [5, 5.41) is 3.15. The van der Waals surface area contributed by atoms with Crippen molar-refractivity contribution in [3.05, 3.63) is 41.6 Å². The van der Waals surface area contributed by atoms with E-state index in [0.29, 0.717) is 18.1 Å². The highest BCUT2D eigenvalue weighted by Crippen LogP contribution is 2.18. The van der Waals surface area contributed by atoms with Crippen molar-refractivity contribution in [3.8, 4) is 0 Å². The zero-order valence-corrected chi connectivity index (χ0v) is 9.94. The highest BCUT2D eigenvalue weighted by Gasteiger charge is 2.03. The molecule has 0 unspecified atom stereocenters. The van der Waals surface area contributed by atoms with Gasteiger partial charge >= 0.3 is 0 Å². The van der Waals surface area contributed by atoms with Gasteiger partial charge in [-0.1, -0.05) is 0 Å². The monoisotopic (exact) mass is 229 g/mol. The summed E-state index contributed by atoms with van der Waals surface area (Å²) in [4.78, 5) is 12.6. The number of aryl methyl sites for hydroxylation is 2. The van der Waals surface area contributed by atoms with Crippen molar-refractivity contribution in [3.63, 3.8) is 0 Å². The maximum absolute atomic E-state index is 5.91. The van der Waals surface area contributed by atoms with E-state index in [-0.39, 0.29) is 0 Å². The Bertz CT molecular complexity index is 507. The van der Waals surface area contributed by atoms with E-state index in [4.69, 9.17) is 5.73 Å². The predicted octanol–water partition coefficient (Wildman–Crippen LogP) is 1.68. The SMILES string of the molecule is Cc1cnc(CNc2nccc(C)c2N)cn1. The highest BCUT2D eigenvalue weighted by atomic mass is 15.0. The minimum absolute atomic E-state index is 0.563. The molecule has 2 rings (SSSR count). The summed E-state index contributed by atoms with van der Waals surface area (Å²) in [5.74, 6) is 0.687. The summed E-state index contributed by atoms with van der Waals surface area (Å²) in [5.41, 5.74) is 9.36. The normalized spacial score (nSPS) is 10.2. The van der Waals surface area contributed by atoms with Crippen molar-refractivity contribution >= 4 is 11.5 Å². The molecular formula is C12H15N5. The van der Waals surface area contributed by atoms with Gasteiger partial charge in [-0.15, -0.1) is 0 Å². The third-order valence-corrected chi connectivity index (χ3v) is 2.48. The van der Waals surface area contributed by atoms with Crippen LogP contribution in [0.4, 0.5) is 11.5 Å². The first-order valence-electron chi connectivity index (χ1n) is 5.39. The van der Waals surface area contributed by atoms with Gasteiger partial charge in [-0.25, -0.2) is 4.98 Å². The Kier molecular flexibility index (Phi) is 3.18. The highest BCUT2D eigenvalue weighted by molar-refractivity contribution is 5.64. The Morgan fingerprint density at radius 1 is 1.18 bits per heavy atom. The number of nitrogens with zero attached hydrogens (tertiary/aromatic N) is 3. The van der Waals surface area contributed by atoms with Crippen LogP contribution in [0.15, 0.2) is 24.7 Å². The third-order valence-electron chi connectivity index (χ3n) is 2.48. The van der Waals surface area contributed by atoms with Crippen LogP contribution in [0, 0.1) is 13.8 Å². The van der Waals surface area contributed by atoms with Crippen LogP contribution in [-0.2, 0) is 6.54 Å². The van der Waals surface area contributed by atoms with Gasteiger partial charge in [-0.05, 0) is 25.5 Å². The second kappa shape index (κ2) is 4.78. The topological polar surface area (TPSA) is 76.7 Å². The van der Waals surface area contributed by atoms with Crippen LogP contribution in [-0.4, -0.2) is 15.0 Å².